The van der Waals surface area contributed by atoms with E-state index in [-0.39, 0.29) is 12.7 Å². The van der Waals surface area contributed by atoms with E-state index in [2.05, 4.69) is 4.98 Å². The van der Waals surface area contributed by atoms with E-state index in [0.717, 1.165) is 21.3 Å². The molecule has 3 heterocycles. The number of anilines is 1. The van der Waals surface area contributed by atoms with Gasteiger partial charge in [0.2, 0.25) is 6.79 Å². The Labute approximate surface area is 177 Å². The van der Waals surface area contributed by atoms with E-state index >= 15 is 0 Å². The van der Waals surface area contributed by atoms with Crippen LogP contribution in [0, 0.1) is 0 Å². The number of benzene rings is 2. The Kier molecular flexibility index (Phi) is 4.86. The second kappa shape index (κ2) is 7.96. The first-order chi connectivity index (χ1) is 14.8. The molecule has 6 nitrogen and oxygen atoms in total. The minimum absolute atomic E-state index is 0.151. The van der Waals surface area contributed by atoms with Crippen LogP contribution in [0.15, 0.2) is 73.1 Å². The van der Waals surface area contributed by atoms with Gasteiger partial charge in [0.15, 0.2) is 16.6 Å². The minimum atomic E-state index is -0.151. The Morgan fingerprint density at radius 2 is 1.93 bits per heavy atom. The van der Waals surface area contributed by atoms with E-state index in [1.807, 2.05) is 60.7 Å². The fraction of sp³-hybridized carbons (Fsp3) is 0.0870. The van der Waals surface area contributed by atoms with Crippen LogP contribution in [0.4, 0.5) is 5.13 Å². The maximum absolute atomic E-state index is 13.1. The van der Waals surface area contributed by atoms with Gasteiger partial charge >= 0.3 is 0 Å². The van der Waals surface area contributed by atoms with Crippen LogP contribution >= 0.6 is 11.3 Å². The number of pyridine rings is 1. The van der Waals surface area contributed by atoms with Crippen LogP contribution in [-0.2, 0) is 11.3 Å². The Bertz CT molecular complexity index is 1180. The summed E-state index contributed by atoms with van der Waals surface area (Å²) in [7, 11) is 0. The summed E-state index contributed by atoms with van der Waals surface area (Å²) in [6.45, 7) is 0.591. The molecular weight excluding hydrogens is 398 g/mol. The summed E-state index contributed by atoms with van der Waals surface area (Å²) in [6, 6.07) is 17.3. The van der Waals surface area contributed by atoms with E-state index in [0.29, 0.717) is 23.2 Å². The van der Waals surface area contributed by atoms with Crippen LogP contribution in [0.2, 0.25) is 0 Å². The van der Waals surface area contributed by atoms with Crippen LogP contribution in [0.3, 0.4) is 0 Å². The van der Waals surface area contributed by atoms with E-state index in [4.69, 9.17) is 14.5 Å². The summed E-state index contributed by atoms with van der Waals surface area (Å²) in [5.74, 6) is 1.22. The molecule has 0 unspecified atom stereocenters. The Balaban J connectivity index is 1.49. The molecule has 0 saturated heterocycles. The highest BCUT2D eigenvalue weighted by atomic mass is 32.1. The highest BCUT2D eigenvalue weighted by Gasteiger charge is 2.21. The largest absolute Gasteiger partial charge is 0.454 e. The molecule has 0 saturated carbocycles. The lowest BCUT2D eigenvalue weighted by molar-refractivity contribution is -0.114. The van der Waals surface area contributed by atoms with Gasteiger partial charge in [-0.25, -0.2) is 4.98 Å². The molecule has 7 heteroatoms. The van der Waals surface area contributed by atoms with E-state index in [1.54, 1.807) is 23.4 Å². The van der Waals surface area contributed by atoms with Crippen LogP contribution in [0.1, 0.15) is 11.1 Å². The lowest BCUT2D eigenvalue weighted by atomic mass is 10.2. The van der Waals surface area contributed by atoms with Crippen LogP contribution in [-0.4, -0.2) is 22.7 Å². The average molecular weight is 415 g/mol. The number of nitrogens with zero attached hydrogens (tertiary/aromatic N) is 3. The average Bonchev–Trinajstić information content (AvgIpc) is 3.41. The standard InChI is InChI=1S/C23H17N3O3S/c27-22(9-8-16-5-2-1-3-6-16)26(14-17-7-4-10-24-13-17)23-25-18-11-19-20(29-15-28-19)12-21(18)30-23/h1-13H,14-15H2. The molecule has 0 fully saturated rings. The normalized spacial score (nSPS) is 12.5. The fourth-order valence-corrected chi connectivity index (χ4v) is 4.14. The third kappa shape index (κ3) is 3.75. The number of rotatable bonds is 5. The molecule has 1 aliphatic heterocycles. The molecule has 1 amide bonds. The summed E-state index contributed by atoms with van der Waals surface area (Å²) in [4.78, 5) is 23.7. The second-order valence-electron chi connectivity index (χ2n) is 6.70. The molecule has 30 heavy (non-hydrogen) atoms. The molecule has 2 aromatic carbocycles. The Hall–Kier alpha value is -3.71. The smallest absolute Gasteiger partial charge is 0.253 e. The van der Waals surface area contributed by atoms with Gasteiger partial charge in [-0.2, -0.15) is 0 Å². The number of aromatic nitrogens is 2. The van der Waals surface area contributed by atoms with Gasteiger partial charge in [0.1, 0.15) is 0 Å². The zero-order valence-corrected chi connectivity index (χ0v) is 16.7. The van der Waals surface area contributed by atoms with Gasteiger partial charge in [0, 0.05) is 30.6 Å². The molecular formula is C23H17N3O3S. The zero-order chi connectivity index (χ0) is 20.3. The van der Waals surface area contributed by atoms with Gasteiger partial charge in [0.05, 0.1) is 16.8 Å². The van der Waals surface area contributed by atoms with Gasteiger partial charge in [-0.3, -0.25) is 14.7 Å². The highest BCUT2D eigenvalue weighted by Crippen LogP contribution is 2.40. The maximum atomic E-state index is 13.1. The number of amides is 1. The van der Waals surface area contributed by atoms with Crippen molar-refractivity contribution in [2.45, 2.75) is 6.54 Å². The minimum Gasteiger partial charge on any atom is -0.454 e. The van der Waals surface area contributed by atoms with Gasteiger partial charge in [-0.05, 0) is 23.3 Å². The number of hydrogen-bond acceptors (Lipinski definition) is 6. The van der Waals surface area contributed by atoms with E-state index in [9.17, 15) is 4.79 Å². The topological polar surface area (TPSA) is 64.6 Å². The van der Waals surface area contributed by atoms with Crippen molar-refractivity contribution in [1.29, 1.82) is 0 Å². The van der Waals surface area contributed by atoms with E-state index in [1.165, 1.54) is 11.3 Å². The highest BCUT2D eigenvalue weighted by molar-refractivity contribution is 7.22. The Morgan fingerprint density at radius 1 is 1.10 bits per heavy atom. The summed E-state index contributed by atoms with van der Waals surface area (Å²) in [6.07, 6.45) is 6.85. The number of ether oxygens (including phenoxy) is 2. The molecule has 4 aromatic rings. The third-order valence-electron chi connectivity index (χ3n) is 4.65. The summed E-state index contributed by atoms with van der Waals surface area (Å²) >= 11 is 1.44. The van der Waals surface area contributed by atoms with Crippen molar-refractivity contribution in [1.82, 2.24) is 9.97 Å². The number of fused-ring (bicyclic) bond motifs is 2. The Morgan fingerprint density at radius 3 is 2.73 bits per heavy atom. The molecule has 0 spiro atoms. The van der Waals surface area contributed by atoms with E-state index < -0.39 is 0 Å². The molecule has 1 aliphatic rings. The van der Waals surface area contributed by atoms with Gasteiger partial charge in [-0.15, -0.1) is 0 Å². The zero-order valence-electron chi connectivity index (χ0n) is 15.9. The lowest BCUT2D eigenvalue weighted by Gasteiger charge is -2.18. The van der Waals surface area contributed by atoms with Gasteiger partial charge < -0.3 is 9.47 Å². The molecule has 2 aromatic heterocycles. The lowest BCUT2D eigenvalue weighted by Crippen LogP contribution is -2.28. The predicted molar refractivity (Wildman–Crippen MR) is 117 cm³/mol. The molecule has 148 valence electrons. The maximum Gasteiger partial charge on any atom is 0.253 e. The predicted octanol–water partition coefficient (Wildman–Crippen LogP) is 4.67. The van der Waals surface area contributed by atoms with Gasteiger partial charge in [-0.1, -0.05) is 47.7 Å². The monoisotopic (exact) mass is 415 g/mol. The second-order valence-corrected chi connectivity index (χ2v) is 7.71. The molecule has 0 N–H and O–H groups in total. The molecule has 0 radical (unpaired) electrons. The van der Waals surface area contributed by atoms with Crippen LogP contribution in [0.5, 0.6) is 11.5 Å². The van der Waals surface area contributed by atoms with Crippen molar-refractivity contribution in [3.05, 3.63) is 84.2 Å². The van der Waals surface area contributed by atoms with Crippen molar-refractivity contribution < 1.29 is 14.3 Å². The molecule has 0 atom stereocenters. The molecule has 0 aliphatic carbocycles. The summed E-state index contributed by atoms with van der Waals surface area (Å²) in [5.41, 5.74) is 2.66. The molecule has 5 rings (SSSR count). The fourth-order valence-electron chi connectivity index (χ4n) is 3.16. The van der Waals surface area contributed by atoms with Crippen molar-refractivity contribution in [3.8, 4) is 11.5 Å². The first-order valence-corrected chi connectivity index (χ1v) is 10.2. The van der Waals surface area contributed by atoms with Crippen molar-refractivity contribution in [2.75, 3.05) is 11.7 Å². The molecule has 0 bridgehead atoms. The SMILES string of the molecule is O=C(C=Cc1ccccc1)N(Cc1cccnc1)c1nc2cc3c(cc2s1)OCO3. The number of carbonyl (C=O) groups excluding carboxylic acids is 1. The van der Waals surface area contributed by atoms with Crippen LogP contribution < -0.4 is 14.4 Å². The number of hydrogen-bond donors (Lipinski definition) is 0. The summed E-state index contributed by atoms with van der Waals surface area (Å²) < 4.78 is 11.8. The van der Waals surface area contributed by atoms with Gasteiger partial charge in [0.25, 0.3) is 5.91 Å². The van der Waals surface area contributed by atoms with Crippen LogP contribution in [0.25, 0.3) is 16.3 Å². The first kappa shape index (κ1) is 18.3. The third-order valence-corrected chi connectivity index (χ3v) is 5.69. The summed E-state index contributed by atoms with van der Waals surface area (Å²) in [5, 5.41) is 0.611. The number of thiazole rings is 1. The first-order valence-electron chi connectivity index (χ1n) is 9.40. The quantitative estimate of drug-likeness (QED) is 0.443. The van der Waals surface area contributed by atoms with Crippen molar-refractivity contribution in [3.63, 3.8) is 0 Å². The van der Waals surface area contributed by atoms with Crippen molar-refractivity contribution in [2.24, 2.45) is 0 Å². The van der Waals surface area contributed by atoms with Crippen molar-refractivity contribution >= 4 is 38.7 Å². The number of carbonyl (C=O) groups is 1.